The highest BCUT2D eigenvalue weighted by molar-refractivity contribution is 7.86. The fraction of sp³-hybridized carbons (Fsp3) is 0. The van der Waals surface area contributed by atoms with Gasteiger partial charge in [-0.2, -0.15) is 8.42 Å². The molecule has 28 heavy (non-hydrogen) atoms. The van der Waals surface area contributed by atoms with Crippen LogP contribution in [0.2, 0.25) is 0 Å². The van der Waals surface area contributed by atoms with Gasteiger partial charge >= 0.3 is 11.9 Å². The summed E-state index contributed by atoms with van der Waals surface area (Å²) in [5.41, 5.74) is 0.457. The molecule has 0 spiro atoms. The molecule has 0 aromatic heterocycles. The highest BCUT2D eigenvalue weighted by Crippen LogP contribution is 2.29. The third kappa shape index (κ3) is 4.61. The molecule has 0 saturated carbocycles. The molecule has 0 saturated heterocycles. The van der Waals surface area contributed by atoms with Crippen molar-refractivity contribution in [1.29, 1.82) is 0 Å². The summed E-state index contributed by atoms with van der Waals surface area (Å²) in [5.74, 6) is -2.05. The van der Waals surface area contributed by atoms with Gasteiger partial charge in [0.25, 0.3) is 10.1 Å². The Morgan fingerprint density at radius 3 is 1.71 bits per heavy atom. The van der Waals surface area contributed by atoms with E-state index in [1.54, 1.807) is 36.4 Å². The quantitative estimate of drug-likeness (QED) is 0.399. The minimum absolute atomic E-state index is 0.138. The molecule has 0 amide bonds. The first-order chi connectivity index (χ1) is 13.3. The maximum Gasteiger partial charge on any atom is 0.343 e. The molecule has 0 unspecified atom stereocenters. The molecule has 142 valence electrons. The molecule has 0 heterocycles. The van der Waals surface area contributed by atoms with Gasteiger partial charge in [-0.15, -0.1) is 0 Å². The van der Waals surface area contributed by atoms with Gasteiger partial charge in [0.1, 0.15) is 10.6 Å². The Balaban J connectivity index is 1.88. The molecule has 3 aromatic rings. The largest absolute Gasteiger partial charge is 0.423 e. The first-order valence-corrected chi connectivity index (χ1v) is 9.44. The Bertz CT molecular complexity index is 1110. The van der Waals surface area contributed by atoms with Gasteiger partial charge in [0.2, 0.25) is 0 Å². The summed E-state index contributed by atoms with van der Waals surface area (Å²) >= 11 is 0. The number of carbonyl (C=O) groups is 2. The maximum atomic E-state index is 12.2. The van der Waals surface area contributed by atoms with Crippen LogP contribution in [0.3, 0.4) is 0 Å². The molecule has 0 radical (unpaired) electrons. The van der Waals surface area contributed by atoms with Crippen molar-refractivity contribution in [2.24, 2.45) is 0 Å². The van der Waals surface area contributed by atoms with E-state index < -0.39 is 32.7 Å². The fourth-order valence-corrected chi connectivity index (χ4v) is 2.94. The van der Waals surface area contributed by atoms with Gasteiger partial charge in [-0.1, -0.05) is 36.4 Å². The Morgan fingerprint density at radius 2 is 1.21 bits per heavy atom. The third-order valence-corrected chi connectivity index (χ3v) is 4.50. The SMILES string of the molecule is O=C(Oc1ccc(OC(=O)c2ccccc2)c(S(=O)(=O)O)c1)c1ccccc1. The third-order valence-electron chi connectivity index (χ3n) is 3.63. The smallest absolute Gasteiger partial charge is 0.343 e. The van der Waals surface area contributed by atoms with Crippen LogP contribution in [0, 0.1) is 0 Å². The number of hydrogen-bond donors (Lipinski definition) is 1. The van der Waals surface area contributed by atoms with Crippen molar-refractivity contribution in [3.63, 3.8) is 0 Å². The first kappa shape index (κ1) is 19.3. The Labute approximate surface area is 160 Å². The van der Waals surface area contributed by atoms with Crippen LogP contribution < -0.4 is 9.47 Å². The monoisotopic (exact) mass is 398 g/mol. The van der Waals surface area contributed by atoms with E-state index in [0.717, 1.165) is 12.1 Å². The highest BCUT2D eigenvalue weighted by atomic mass is 32.2. The molecule has 0 aliphatic carbocycles. The molecule has 7 nitrogen and oxygen atoms in total. The predicted molar refractivity (Wildman–Crippen MR) is 99.1 cm³/mol. The van der Waals surface area contributed by atoms with Gasteiger partial charge in [0.15, 0.2) is 5.75 Å². The lowest BCUT2D eigenvalue weighted by Crippen LogP contribution is -2.12. The minimum atomic E-state index is -4.75. The summed E-state index contributed by atoms with van der Waals surface area (Å²) in [7, 11) is -4.75. The van der Waals surface area contributed by atoms with Gasteiger partial charge in [-0.3, -0.25) is 4.55 Å². The first-order valence-electron chi connectivity index (χ1n) is 8.00. The lowest BCUT2D eigenvalue weighted by Gasteiger charge is -2.10. The zero-order valence-electron chi connectivity index (χ0n) is 14.3. The van der Waals surface area contributed by atoms with Gasteiger partial charge in [-0.25, -0.2) is 9.59 Å². The van der Waals surface area contributed by atoms with Crippen molar-refractivity contribution < 1.29 is 32.0 Å². The zero-order chi connectivity index (χ0) is 20.1. The van der Waals surface area contributed by atoms with E-state index >= 15 is 0 Å². The second-order valence-electron chi connectivity index (χ2n) is 5.59. The summed E-state index contributed by atoms with van der Waals surface area (Å²) in [6.45, 7) is 0. The van der Waals surface area contributed by atoms with Crippen LogP contribution >= 0.6 is 0 Å². The molecular weight excluding hydrogens is 384 g/mol. The van der Waals surface area contributed by atoms with Crippen LogP contribution in [0.5, 0.6) is 11.5 Å². The molecule has 3 aromatic carbocycles. The van der Waals surface area contributed by atoms with E-state index in [-0.39, 0.29) is 16.9 Å². The normalized spacial score (nSPS) is 10.9. The molecule has 0 aliphatic rings. The molecule has 0 bridgehead atoms. The van der Waals surface area contributed by atoms with Gasteiger partial charge in [0, 0.05) is 6.07 Å². The predicted octanol–water partition coefficient (Wildman–Crippen LogP) is 3.37. The average Bonchev–Trinajstić information content (AvgIpc) is 2.69. The second-order valence-corrected chi connectivity index (χ2v) is 6.98. The molecule has 3 rings (SSSR count). The number of carbonyl (C=O) groups excluding carboxylic acids is 2. The average molecular weight is 398 g/mol. The van der Waals surface area contributed by atoms with Crippen LogP contribution in [0.4, 0.5) is 0 Å². The summed E-state index contributed by atoms with van der Waals surface area (Å²) in [5, 5.41) is 0. The van der Waals surface area contributed by atoms with Crippen LogP contribution in [0.15, 0.2) is 83.8 Å². The highest BCUT2D eigenvalue weighted by Gasteiger charge is 2.22. The molecular formula is C20H14O7S. The number of hydrogen-bond acceptors (Lipinski definition) is 6. The Kier molecular flexibility index (Phi) is 5.53. The van der Waals surface area contributed by atoms with Gasteiger partial charge in [-0.05, 0) is 36.4 Å². The van der Waals surface area contributed by atoms with Crippen molar-refractivity contribution in [3.8, 4) is 11.5 Å². The summed E-state index contributed by atoms with van der Waals surface area (Å²) in [4.78, 5) is 23.6. The standard InChI is InChI=1S/C20H14O7S/c21-19(14-7-3-1-4-8-14)26-16-11-12-17(18(13-16)28(23,24)25)27-20(22)15-9-5-2-6-10-15/h1-13H,(H,23,24,25). The minimum Gasteiger partial charge on any atom is -0.423 e. The molecule has 0 fully saturated rings. The van der Waals surface area contributed by atoms with Crippen molar-refractivity contribution in [2.75, 3.05) is 0 Å². The number of rotatable bonds is 5. The van der Waals surface area contributed by atoms with Gasteiger partial charge < -0.3 is 9.47 Å². The maximum absolute atomic E-state index is 12.2. The summed E-state index contributed by atoms with van der Waals surface area (Å²) in [6.07, 6.45) is 0. The molecule has 0 atom stereocenters. The van der Waals surface area contributed by atoms with E-state index in [9.17, 15) is 22.6 Å². The van der Waals surface area contributed by atoms with Crippen molar-refractivity contribution in [1.82, 2.24) is 0 Å². The molecule has 8 heteroatoms. The summed E-state index contributed by atoms with van der Waals surface area (Å²) in [6, 6.07) is 19.3. The van der Waals surface area contributed by atoms with Gasteiger partial charge in [0.05, 0.1) is 11.1 Å². The molecule has 0 aliphatic heterocycles. The Morgan fingerprint density at radius 1 is 0.714 bits per heavy atom. The lowest BCUT2D eigenvalue weighted by atomic mass is 10.2. The fourth-order valence-electron chi connectivity index (χ4n) is 2.31. The van der Waals surface area contributed by atoms with E-state index in [0.29, 0.717) is 0 Å². The van der Waals surface area contributed by atoms with E-state index in [2.05, 4.69) is 0 Å². The number of benzene rings is 3. The van der Waals surface area contributed by atoms with Crippen LogP contribution in [0.1, 0.15) is 20.7 Å². The van der Waals surface area contributed by atoms with E-state index in [1.807, 2.05) is 0 Å². The number of esters is 2. The van der Waals surface area contributed by atoms with Crippen molar-refractivity contribution in [3.05, 3.63) is 90.0 Å². The van der Waals surface area contributed by atoms with Crippen LogP contribution in [0.25, 0.3) is 0 Å². The zero-order valence-corrected chi connectivity index (χ0v) is 15.1. The Hall–Kier alpha value is -3.49. The van der Waals surface area contributed by atoms with Crippen LogP contribution in [-0.2, 0) is 10.1 Å². The van der Waals surface area contributed by atoms with Crippen LogP contribution in [-0.4, -0.2) is 24.9 Å². The van der Waals surface area contributed by atoms with E-state index in [1.165, 1.54) is 30.3 Å². The number of ether oxygens (including phenoxy) is 2. The summed E-state index contributed by atoms with van der Waals surface area (Å²) < 4.78 is 43.1. The van der Waals surface area contributed by atoms with E-state index in [4.69, 9.17) is 9.47 Å². The van der Waals surface area contributed by atoms with Crippen molar-refractivity contribution in [2.45, 2.75) is 4.90 Å². The lowest BCUT2D eigenvalue weighted by molar-refractivity contribution is 0.0715. The second kappa shape index (κ2) is 8.03. The topological polar surface area (TPSA) is 107 Å². The van der Waals surface area contributed by atoms with Crippen molar-refractivity contribution >= 4 is 22.1 Å². The molecule has 1 N–H and O–H groups in total.